The summed E-state index contributed by atoms with van der Waals surface area (Å²) in [5, 5.41) is 3.22. The number of nitrogens with zero attached hydrogens (tertiary/aromatic N) is 1. The summed E-state index contributed by atoms with van der Waals surface area (Å²) in [4.78, 5) is 2.36. The minimum absolute atomic E-state index is 0.134. The van der Waals surface area contributed by atoms with Crippen LogP contribution in [0, 0.1) is 17.6 Å². The van der Waals surface area contributed by atoms with Crippen molar-refractivity contribution in [3.8, 4) is 0 Å². The second-order valence-electron chi connectivity index (χ2n) is 5.41. The van der Waals surface area contributed by atoms with E-state index in [1.54, 1.807) is 6.07 Å². The van der Waals surface area contributed by atoms with Crippen LogP contribution in [0.5, 0.6) is 0 Å². The van der Waals surface area contributed by atoms with Crippen molar-refractivity contribution < 1.29 is 8.78 Å². The summed E-state index contributed by atoms with van der Waals surface area (Å²) in [7, 11) is 1.97. The third-order valence-electron chi connectivity index (χ3n) is 4.02. The van der Waals surface area contributed by atoms with E-state index in [9.17, 15) is 8.78 Å². The van der Waals surface area contributed by atoms with Crippen molar-refractivity contribution in [2.24, 2.45) is 5.92 Å². The molecule has 1 saturated heterocycles. The molecule has 1 N–H and O–H groups in total. The molecule has 0 radical (unpaired) electrons. The van der Waals surface area contributed by atoms with Crippen LogP contribution in [-0.2, 0) is 0 Å². The Morgan fingerprint density at radius 2 is 2.16 bits per heavy atom. The molecule has 4 heteroatoms. The molecule has 1 aromatic carbocycles. The van der Waals surface area contributed by atoms with Crippen LogP contribution < -0.4 is 5.32 Å². The number of hydrogen-bond donors (Lipinski definition) is 1. The van der Waals surface area contributed by atoms with Crippen molar-refractivity contribution in [1.82, 2.24) is 10.2 Å². The lowest BCUT2D eigenvalue weighted by atomic mass is 9.95. The molecule has 0 saturated carbocycles. The van der Waals surface area contributed by atoms with E-state index >= 15 is 0 Å². The van der Waals surface area contributed by atoms with E-state index in [1.807, 2.05) is 7.05 Å². The molecular weight excluding hydrogens is 246 g/mol. The highest BCUT2D eigenvalue weighted by molar-refractivity contribution is 5.21. The molecule has 1 fully saturated rings. The van der Waals surface area contributed by atoms with Crippen LogP contribution >= 0.6 is 0 Å². The van der Waals surface area contributed by atoms with Gasteiger partial charge in [-0.15, -0.1) is 0 Å². The molecule has 0 bridgehead atoms. The van der Waals surface area contributed by atoms with Crippen molar-refractivity contribution in [1.29, 1.82) is 0 Å². The zero-order chi connectivity index (χ0) is 13.8. The highest BCUT2D eigenvalue weighted by Gasteiger charge is 2.24. The Balaban J connectivity index is 2.05. The second-order valence-corrected chi connectivity index (χ2v) is 5.41. The molecule has 0 amide bonds. The third-order valence-corrected chi connectivity index (χ3v) is 4.02. The predicted molar refractivity (Wildman–Crippen MR) is 73.0 cm³/mol. The van der Waals surface area contributed by atoms with Crippen molar-refractivity contribution in [3.05, 3.63) is 35.4 Å². The van der Waals surface area contributed by atoms with Crippen LogP contribution in [0.4, 0.5) is 8.78 Å². The lowest BCUT2D eigenvalue weighted by Crippen LogP contribution is -2.40. The average Bonchev–Trinajstić information content (AvgIpc) is 2.42. The molecule has 1 aromatic rings. The largest absolute Gasteiger partial charge is 0.319 e. The summed E-state index contributed by atoms with van der Waals surface area (Å²) in [6.45, 7) is 5.12. The first-order chi connectivity index (χ1) is 9.11. The van der Waals surface area contributed by atoms with Gasteiger partial charge in [0.25, 0.3) is 0 Å². The predicted octanol–water partition coefficient (Wildman–Crippen LogP) is 2.96. The summed E-state index contributed by atoms with van der Waals surface area (Å²) in [5.74, 6) is -0.887. The summed E-state index contributed by atoms with van der Waals surface area (Å²) < 4.78 is 26.3. The summed E-state index contributed by atoms with van der Waals surface area (Å²) >= 11 is 0. The fourth-order valence-corrected chi connectivity index (χ4v) is 2.89. The molecule has 0 spiro atoms. The number of rotatable bonds is 4. The van der Waals surface area contributed by atoms with Gasteiger partial charge in [0, 0.05) is 12.6 Å². The molecule has 106 valence electrons. The van der Waals surface area contributed by atoms with Crippen molar-refractivity contribution in [2.75, 3.05) is 26.7 Å². The van der Waals surface area contributed by atoms with Gasteiger partial charge in [-0.2, -0.15) is 0 Å². The molecule has 19 heavy (non-hydrogen) atoms. The highest BCUT2D eigenvalue weighted by Crippen LogP contribution is 2.27. The smallest absolute Gasteiger partial charge is 0.159 e. The number of halogens is 2. The van der Waals surface area contributed by atoms with Crippen LogP contribution in [0.2, 0.25) is 0 Å². The van der Waals surface area contributed by atoms with Crippen molar-refractivity contribution in [2.45, 2.75) is 25.8 Å². The fourth-order valence-electron chi connectivity index (χ4n) is 2.89. The maximum atomic E-state index is 13.3. The number of nitrogens with one attached hydrogen (secondary N) is 1. The number of likely N-dealkylation sites (tertiary alicyclic amines) is 1. The van der Waals surface area contributed by atoms with Gasteiger partial charge in [-0.05, 0) is 63.5 Å². The zero-order valence-electron chi connectivity index (χ0n) is 11.6. The van der Waals surface area contributed by atoms with Gasteiger partial charge in [-0.3, -0.25) is 4.90 Å². The molecule has 1 aliphatic rings. The SMILES string of the molecule is CNCC1CCCN(C(C)c2ccc(F)c(F)c2)C1. The Bertz CT molecular complexity index is 421. The molecule has 2 rings (SSSR count). The van der Waals surface area contributed by atoms with Crippen LogP contribution in [0.1, 0.15) is 31.4 Å². The molecule has 1 heterocycles. The van der Waals surface area contributed by atoms with Crippen LogP contribution in [0.25, 0.3) is 0 Å². The van der Waals surface area contributed by atoms with E-state index in [0.29, 0.717) is 5.92 Å². The van der Waals surface area contributed by atoms with Gasteiger partial charge < -0.3 is 5.32 Å². The van der Waals surface area contributed by atoms with Crippen molar-refractivity contribution >= 4 is 0 Å². The Hall–Kier alpha value is -1.00. The Morgan fingerprint density at radius 1 is 1.37 bits per heavy atom. The first-order valence-corrected chi connectivity index (χ1v) is 6.95. The van der Waals surface area contributed by atoms with Gasteiger partial charge in [0.2, 0.25) is 0 Å². The molecule has 0 aliphatic carbocycles. The van der Waals surface area contributed by atoms with Crippen LogP contribution in [-0.4, -0.2) is 31.6 Å². The van der Waals surface area contributed by atoms with E-state index in [2.05, 4.69) is 17.1 Å². The van der Waals surface area contributed by atoms with E-state index in [1.165, 1.54) is 25.0 Å². The van der Waals surface area contributed by atoms with Crippen molar-refractivity contribution in [3.63, 3.8) is 0 Å². The molecule has 2 nitrogen and oxygen atoms in total. The molecule has 2 unspecified atom stereocenters. The topological polar surface area (TPSA) is 15.3 Å². The number of hydrogen-bond acceptors (Lipinski definition) is 2. The quantitative estimate of drug-likeness (QED) is 0.903. The minimum atomic E-state index is -0.775. The Labute approximate surface area is 113 Å². The lowest BCUT2D eigenvalue weighted by Gasteiger charge is -2.37. The number of benzene rings is 1. The Morgan fingerprint density at radius 3 is 2.84 bits per heavy atom. The second kappa shape index (κ2) is 6.44. The summed E-state index contributed by atoms with van der Waals surface area (Å²) in [5.41, 5.74) is 0.851. The van der Waals surface area contributed by atoms with Gasteiger partial charge in [-0.1, -0.05) is 6.07 Å². The molecule has 2 atom stereocenters. The Kier molecular flexibility index (Phi) is 4.88. The third kappa shape index (κ3) is 3.51. The maximum Gasteiger partial charge on any atom is 0.159 e. The first-order valence-electron chi connectivity index (χ1n) is 6.95. The average molecular weight is 268 g/mol. The minimum Gasteiger partial charge on any atom is -0.319 e. The van der Waals surface area contributed by atoms with E-state index in [4.69, 9.17) is 0 Å². The molecule has 0 aromatic heterocycles. The van der Waals surface area contributed by atoms with Gasteiger partial charge in [-0.25, -0.2) is 8.78 Å². The van der Waals surface area contributed by atoms with Crippen LogP contribution in [0.15, 0.2) is 18.2 Å². The van der Waals surface area contributed by atoms with E-state index in [-0.39, 0.29) is 6.04 Å². The number of piperidine rings is 1. The van der Waals surface area contributed by atoms with Gasteiger partial charge in [0.05, 0.1) is 0 Å². The maximum absolute atomic E-state index is 13.3. The zero-order valence-corrected chi connectivity index (χ0v) is 11.6. The van der Waals surface area contributed by atoms with E-state index in [0.717, 1.165) is 25.2 Å². The summed E-state index contributed by atoms with van der Waals surface area (Å²) in [6.07, 6.45) is 2.40. The lowest BCUT2D eigenvalue weighted by molar-refractivity contribution is 0.131. The standard InChI is InChI=1S/C15H22F2N2/c1-11(13-5-6-14(16)15(17)8-13)19-7-3-4-12(10-19)9-18-2/h5-6,8,11-12,18H,3-4,7,9-10H2,1-2H3. The van der Waals surface area contributed by atoms with Gasteiger partial charge in [0.1, 0.15) is 0 Å². The summed E-state index contributed by atoms with van der Waals surface area (Å²) in [6, 6.07) is 4.36. The normalized spacial score (nSPS) is 22.4. The molecular formula is C15H22F2N2. The van der Waals surface area contributed by atoms with Gasteiger partial charge >= 0.3 is 0 Å². The van der Waals surface area contributed by atoms with E-state index < -0.39 is 11.6 Å². The fraction of sp³-hybridized carbons (Fsp3) is 0.600. The molecule has 1 aliphatic heterocycles. The highest BCUT2D eigenvalue weighted by atomic mass is 19.2. The van der Waals surface area contributed by atoms with Crippen LogP contribution in [0.3, 0.4) is 0 Å². The van der Waals surface area contributed by atoms with Gasteiger partial charge in [0.15, 0.2) is 11.6 Å². The first kappa shape index (κ1) is 14.4. The monoisotopic (exact) mass is 268 g/mol.